The molecule has 0 fully saturated rings. The second kappa shape index (κ2) is 6.20. The molecule has 10 heteroatoms. The number of hydrogen-bond donors (Lipinski definition) is 2. The summed E-state index contributed by atoms with van der Waals surface area (Å²) in [7, 11) is -3.69. The molecule has 3 heterocycles. The molecular formula is C16H14ClN5O2S2. The van der Waals surface area contributed by atoms with Gasteiger partial charge in [0.15, 0.2) is 5.65 Å². The first-order valence-corrected chi connectivity index (χ1v) is 10.4. The van der Waals surface area contributed by atoms with Crippen LogP contribution in [0.5, 0.6) is 0 Å². The monoisotopic (exact) mass is 407 g/mol. The van der Waals surface area contributed by atoms with Gasteiger partial charge in [-0.2, -0.15) is 5.10 Å². The van der Waals surface area contributed by atoms with Gasteiger partial charge in [0.2, 0.25) is 10.0 Å². The van der Waals surface area contributed by atoms with E-state index in [9.17, 15) is 8.42 Å². The molecule has 1 aromatic carbocycles. The second-order valence-electron chi connectivity index (χ2n) is 5.73. The first-order chi connectivity index (χ1) is 12.3. The number of primary sulfonamides is 1. The molecular weight excluding hydrogens is 394 g/mol. The van der Waals surface area contributed by atoms with Gasteiger partial charge in [0.1, 0.15) is 15.0 Å². The number of aromatic nitrogens is 3. The van der Waals surface area contributed by atoms with Crippen molar-refractivity contribution in [2.45, 2.75) is 17.7 Å². The molecule has 0 atom stereocenters. The minimum Gasteiger partial charge on any atom is -0.365 e. The van der Waals surface area contributed by atoms with Gasteiger partial charge in [-0.3, -0.25) is 0 Å². The molecule has 0 bridgehead atoms. The Morgan fingerprint density at radius 3 is 2.77 bits per heavy atom. The fourth-order valence-electron chi connectivity index (χ4n) is 2.70. The lowest BCUT2D eigenvalue weighted by Crippen LogP contribution is -2.09. The predicted molar refractivity (Wildman–Crippen MR) is 103 cm³/mol. The molecule has 0 spiro atoms. The Hall–Kier alpha value is -2.20. The van der Waals surface area contributed by atoms with Gasteiger partial charge in [-0.1, -0.05) is 23.7 Å². The minimum atomic E-state index is -3.69. The molecule has 0 aliphatic rings. The third kappa shape index (κ3) is 2.92. The highest BCUT2D eigenvalue weighted by Gasteiger charge is 2.15. The number of fused-ring (bicyclic) bond motifs is 3. The van der Waals surface area contributed by atoms with E-state index < -0.39 is 10.0 Å². The first kappa shape index (κ1) is 17.2. The zero-order valence-electron chi connectivity index (χ0n) is 13.6. The molecule has 0 aliphatic carbocycles. The van der Waals surface area contributed by atoms with Gasteiger partial charge in [-0.15, -0.1) is 11.3 Å². The maximum Gasteiger partial charge on any atom is 0.247 e. The van der Waals surface area contributed by atoms with Crippen molar-refractivity contribution < 1.29 is 8.42 Å². The fourth-order valence-corrected chi connectivity index (χ4v) is 4.58. The highest BCUT2D eigenvalue weighted by atomic mass is 35.5. The van der Waals surface area contributed by atoms with E-state index >= 15 is 0 Å². The number of benzene rings is 1. The number of sulfonamides is 1. The largest absolute Gasteiger partial charge is 0.365 e. The SMILES string of the molecule is Cc1nn2c(nc(NCc3ccc(S(N)(=O)=O)s3)c3ccccc32)c1Cl. The predicted octanol–water partition coefficient (Wildman–Crippen LogP) is 3.17. The Morgan fingerprint density at radius 1 is 1.27 bits per heavy atom. The summed E-state index contributed by atoms with van der Waals surface area (Å²) in [6, 6.07) is 11.0. The number of anilines is 1. The van der Waals surface area contributed by atoms with Crippen LogP contribution < -0.4 is 10.5 Å². The smallest absolute Gasteiger partial charge is 0.247 e. The van der Waals surface area contributed by atoms with Crippen LogP contribution in [0.4, 0.5) is 5.82 Å². The van der Waals surface area contributed by atoms with E-state index in [0.29, 0.717) is 28.7 Å². The Labute approximate surface area is 158 Å². The van der Waals surface area contributed by atoms with Crippen molar-refractivity contribution in [3.8, 4) is 0 Å². The molecule has 4 rings (SSSR count). The number of nitrogens with two attached hydrogens (primary N) is 1. The Morgan fingerprint density at radius 2 is 2.04 bits per heavy atom. The number of hydrogen-bond acceptors (Lipinski definition) is 6. The van der Waals surface area contributed by atoms with Crippen molar-refractivity contribution in [1.82, 2.24) is 14.6 Å². The van der Waals surface area contributed by atoms with Crippen LogP contribution in [-0.4, -0.2) is 23.0 Å². The van der Waals surface area contributed by atoms with E-state index in [1.54, 1.807) is 10.6 Å². The quantitative estimate of drug-likeness (QED) is 0.541. The lowest BCUT2D eigenvalue weighted by molar-refractivity contribution is 0.600. The molecule has 0 amide bonds. The van der Waals surface area contributed by atoms with Crippen LogP contribution in [0, 0.1) is 6.92 Å². The van der Waals surface area contributed by atoms with Crippen molar-refractivity contribution in [2.75, 3.05) is 5.32 Å². The van der Waals surface area contributed by atoms with Gasteiger partial charge in [0.25, 0.3) is 0 Å². The average molecular weight is 408 g/mol. The third-order valence-corrected chi connectivity index (χ3v) is 6.88. The molecule has 7 nitrogen and oxygen atoms in total. The van der Waals surface area contributed by atoms with Crippen molar-refractivity contribution in [2.24, 2.45) is 5.14 Å². The van der Waals surface area contributed by atoms with Crippen LogP contribution in [0.2, 0.25) is 5.02 Å². The standard InChI is InChI=1S/C16H14ClN5O2S2/c1-9-14(17)16-20-15(11-4-2-3-5-12(11)22(16)21-9)19-8-10-6-7-13(25-10)26(18,23)24/h2-7H,8H2,1H3,(H,19,20)(H2,18,23,24). The lowest BCUT2D eigenvalue weighted by atomic mass is 10.2. The van der Waals surface area contributed by atoms with Gasteiger partial charge in [0, 0.05) is 10.3 Å². The molecule has 134 valence electrons. The normalized spacial score (nSPS) is 12.1. The van der Waals surface area contributed by atoms with Crippen LogP contribution in [0.1, 0.15) is 10.6 Å². The van der Waals surface area contributed by atoms with E-state index in [1.165, 1.54) is 6.07 Å². The summed E-state index contributed by atoms with van der Waals surface area (Å²) < 4.78 is 24.7. The summed E-state index contributed by atoms with van der Waals surface area (Å²) in [5, 5.41) is 14.3. The molecule has 26 heavy (non-hydrogen) atoms. The fraction of sp³-hybridized carbons (Fsp3) is 0.125. The highest BCUT2D eigenvalue weighted by Crippen LogP contribution is 2.29. The van der Waals surface area contributed by atoms with Crippen LogP contribution in [0.15, 0.2) is 40.6 Å². The summed E-state index contributed by atoms with van der Waals surface area (Å²) in [6.07, 6.45) is 0. The van der Waals surface area contributed by atoms with E-state index in [4.69, 9.17) is 16.7 Å². The molecule has 0 radical (unpaired) electrons. The van der Waals surface area contributed by atoms with Crippen LogP contribution in [0.3, 0.4) is 0 Å². The van der Waals surface area contributed by atoms with Gasteiger partial charge in [0.05, 0.1) is 17.8 Å². The lowest BCUT2D eigenvalue weighted by Gasteiger charge is -2.09. The van der Waals surface area contributed by atoms with Gasteiger partial charge in [-0.05, 0) is 31.2 Å². The Kier molecular flexibility index (Phi) is 4.11. The van der Waals surface area contributed by atoms with Gasteiger partial charge >= 0.3 is 0 Å². The second-order valence-corrected chi connectivity index (χ2v) is 9.07. The summed E-state index contributed by atoms with van der Waals surface area (Å²) in [6.45, 7) is 2.25. The summed E-state index contributed by atoms with van der Waals surface area (Å²) in [5.74, 6) is 0.653. The summed E-state index contributed by atoms with van der Waals surface area (Å²) in [5.41, 5.74) is 2.16. The zero-order chi connectivity index (χ0) is 18.5. The average Bonchev–Trinajstić information content (AvgIpc) is 3.19. The number of rotatable bonds is 4. The highest BCUT2D eigenvalue weighted by molar-refractivity contribution is 7.91. The first-order valence-electron chi connectivity index (χ1n) is 7.63. The van der Waals surface area contributed by atoms with Gasteiger partial charge < -0.3 is 5.32 Å². The molecule has 3 aromatic heterocycles. The zero-order valence-corrected chi connectivity index (χ0v) is 16.0. The molecule has 0 unspecified atom stereocenters. The van der Waals surface area contributed by atoms with E-state index in [-0.39, 0.29) is 4.21 Å². The van der Waals surface area contributed by atoms with Crippen molar-refractivity contribution in [3.63, 3.8) is 0 Å². The van der Waals surface area contributed by atoms with Crippen molar-refractivity contribution >= 4 is 55.3 Å². The third-order valence-electron chi connectivity index (χ3n) is 3.92. The number of thiophene rings is 1. The molecule has 0 aliphatic heterocycles. The Bertz CT molecular complexity index is 1250. The number of nitrogens with zero attached hydrogens (tertiary/aromatic N) is 3. The maximum absolute atomic E-state index is 11.4. The van der Waals surface area contributed by atoms with Crippen LogP contribution in [0.25, 0.3) is 16.6 Å². The molecule has 0 saturated heterocycles. The van der Waals surface area contributed by atoms with E-state index in [2.05, 4.69) is 15.4 Å². The van der Waals surface area contributed by atoms with Crippen molar-refractivity contribution in [1.29, 1.82) is 0 Å². The molecule has 0 saturated carbocycles. The van der Waals surface area contributed by atoms with Crippen LogP contribution in [-0.2, 0) is 16.6 Å². The van der Waals surface area contributed by atoms with Gasteiger partial charge in [-0.25, -0.2) is 23.1 Å². The summed E-state index contributed by atoms with van der Waals surface area (Å²) in [4.78, 5) is 5.44. The molecule has 4 aromatic rings. The minimum absolute atomic E-state index is 0.136. The molecule has 3 N–H and O–H groups in total. The van der Waals surface area contributed by atoms with Crippen LogP contribution >= 0.6 is 22.9 Å². The van der Waals surface area contributed by atoms with E-state index in [1.807, 2.05) is 31.2 Å². The number of para-hydroxylation sites is 1. The topological polar surface area (TPSA) is 102 Å². The maximum atomic E-state index is 11.4. The summed E-state index contributed by atoms with van der Waals surface area (Å²) >= 11 is 7.46. The van der Waals surface area contributed by atoms with E-state index in [0.717, 1.165) is 27.1 Å². The number of aryl methyl sites for hydroxylation is 1. The Balaban J connectivity index is 1.76. The van der Waals surface area contributed by atoms with Crippen molar-refractivity contribution in [3.05, 3.63) is 52.0 Å². The number of nitrogens with one attached hydrogen (secondary N) is 1. The number of halogens is 1.